The summed E-state index contributed by atoms with van der Waals surface area (Å²) in [6.45, 7) is 13.7. The second-order valence-corrected chi connectivity index (χ2v) is 11.4. The van der Waals surface area contributed by atoms with Crippen LogP contribution in [0.25, 0.3) is 0 Å². The fourth-order valence-corrected chi connectivity index (χ4v) is 5.18. The molecule has 2 rings (SSSR count). The van der Waals surface area contributed by atoms with E-state index in [1.165, 1.54) is 16.2 Å². The van der Waals surface area contributed by atoms with E-state index < -0.39 is 0 Å². The molecule has 0 aromatic carbocycles. The summed E-state index contributed by atoms with van der Waals surface area (Å²) in [7, 11) is 0. The molecule has 2 unspecified atom stereocenters. The van der Waals surface area contributed by atoms with Crippen LogP contribution in [0.4, 0.5) is 0 Å². The normalized spacial score (nSPS) is 21.0. The maximum absolute atomic E-state index is 11.7. The Bertz CT molecular complexity index is 563. The molecule has 8 nitrogen and oxygen atoms in total. The van der Waals surface area contributed by atoms with Gasteiger partial charge in [0.25, 0.3) is 0 Å². The Labute approximate surface area is 198 Å². The molecule has 4 amide bonds. The zero-order valence-corrected chi connectivity index (χ0v) is 21.4. The Balaban J connectivity index is -0.000000462. The maximum Gasteiger partial charge on any atom is 0.242 e. The quantitative estimate of drug-likeness (QED) is 0.507. The molecule has 4 N–H and O–H groups in total. The lowest BCUT2D eigenvalue weighted by Crippen LogP contribution is -2.35. The van der Waals surface area contributed by atoms with Crippen molar-refractivity contribution in [2.24, 2.45) is 11.5 Å². The SMILES string of the molecule is CC(C)SC1CC(=O)N(CCN)C1=O.CC(C)SC1CC(=O)N(CCN)C1=O.CCC.[HH].[HH]. The van der Waals surface area contributed by atoms with Crippen LogP contribution in [0.3, 0.4) is 0 Å². The van der Waals surface area contributed by atoms with E-state index in [2.05, 4.69) is 13.8 Å². The first-order valence-electron chi connectivity index (χ1n) is 10.9. The lowest BCUT2D eigenvalue weighted by atomic mass is 10.4. The van der Waals surface area contributed by atoms with Gasteiger partial charge >= 0.3 is 0 Å². The van der Waals surface area contributed by atoms with Crippen LogP contribution >= 0.6 is 23.5 Å². The smallest absolute Gasteiger partial charge is 0.242 e. The van der Waals surface area contributed by atoms with Crippen molar-refractivity contribution in [2.45, 2.75) is 81.8 Å². The van der Waals surface area contributed by atoms with E-state index >= 15 is 0 Å². The van der Waals surface area contributed by atoms with Gasteiger partial charge in [0, 0.05) is 41.9 Å². The van der Waals surface area contributed by atoms with E-state index in [9.17, 15) is 19.2 Å². The Morgan fingerprint density at radius 3 is 1.32 bits per heavy atom. The summed E-state index contributed by atoms with van der Waals surface area (Å²) in [6.07, 6.45) is 1.92. The molecule has 0 spiro atoms. The molecule has 0 saturated carbocycles. The van der Waals surface area contributed by atoms with Gasteiger partial charge in [-0.25, -0.2) is 0 Å². The van der Waals surface area contributed by atoms with Crippen molar-refractivity contribution >= 4 is 47.2 Å². The summed E-state index contributed by atoms with van der Waals surface area (Å²) in [6, 6.07) is 0. The van der Waals surface area contributed by atoms with Crippen molar-refractivity contribution < 1.29 is 22.0 Å². The van der Waals surface area contributed by atoms with Gasteiger partial charge in [0.2, 0.25) is 23.6 Å². The summed E-state index contributed by atoms with van der Waals surface area (Å²) >= 11 is 3.10. The minimum atomic E-state index is -0.186. The number of hydrogen-bond donors (Lipinski definition) is 2. The van der Waals surface area contributed by atoms with E-state index in [-0.39, 0.29) is 37.0 Å². The van der Waals surface area contributed by atoms with Gasteiger partial charge < -0.3 is 11.5 Å². The predicted octanol–water partition coefficient (Wildman–Crippen LogP) is 2.34. The minimum absolute atomic E-state index is 0. The van der Waals surface area contributed by atoms with Crippen molar-refractivity contribution in [2.75, 3.05) is 26.2 Å². The number of likely N-dealkylation sites (tertiary alicyclic amines) is 2. The molecular formula is C21H44N4O4S2. The van der Waals surface area contributed by atoms with Crippen LogP contribution in [-0.4, -0.2) is 80.6 Å². The highest BCUT2D eigenvalue weighted by molar-refractivity contribution is 8.01. The number of imide groups is 2. The lowest BCUT2D eigenvalue weighted by molar-refractivity contribution is -0.139. The zero-order chi connectivity index (χ0) is 24.1. The average molecular weight is 481 g/mol. The number of rotatable bonds is 8. The molecule has 2 aliphatic rings. The summed E-state index contributed by atoms with van der Waals surface area (Å²) in [5.74, 6) is -0.310. The van der Waals surface area contributed by atoms with Crippen LogP contribution in [0.1, 0.15) is 63.7 Å². The minimum Gasteiger partial charge on any atom is -0.329 e. The first-order valence-corrected chi connectivity index (χ1v) is 12.8. The fourth-order valence-electron chi connectivity index (χ4n) is 2.90. The van der Waals surface area contributed by atoms with Crippen LogP contribution in [0, 0.1) is 0 Å². The Kier molecular flexibility index (Phi) is 15.1. The summed E-state index contributed by atoms with van der Waals surface area (Å²) in [4.78, 5) is 48.7. The summed E-state index contributed by atoms with van der Waals surface area (Å²) in [5.41, 5.74) is 10.7. The molecular weight excluding hydrogens is 436 g/mol. The Morgan fingerprint density at radius 2 is 1.10 bits per heavy atom. The maximum atomic E-state index is 11.7. The van der Waals surface area contributed by atoms with Crippen LogP contribution in [0.2, 0.25) is 0 Å². The highest BCUT2D eigenvalue weighted by atomic mass is 32.2. The van der Waals surface area contributed by atoms with Crippen LogP contribution in [-0.2, 0) is 19.2 Å². The van der Waals surface area contributed by atoms with Gasteiger partial charge in [-0.1, -0.05) is 48.0 Å². The molecule has 10 heteroatoms. The first kappa shape index (κ1) is 29.9. The lowest BCUT2D eigenvalue weighted by Gasteiger charge is -2.14. The molecule has 184 valence electrons. The highest BCUT2D eigenvalue weighted by Crippen LogP contribution is 2.28. The molecule has 0 aliphatic carbocycles. The zero-order valence-electron chi connectivity index (χ0n) is 19.8. The van der Waals surface area contributed by atoms with Crippen LogP contribution in [0.5, 0.6) is 0 Å². The van der Waals surface area contributed by atoms with Crippen molar-refractivity contribution in [3.8, 4) is 0 Å². The monoisotopic (exact) mass is 480 g/mol. The van der Waals surface area contributed by atoms with E-state index in [0.29, 0.717) is 49.5 Å². The van der Waals surface area contributed by atoms with Crippen molar-refractivity contribution in [1.82, 2.24) is 9.80 Å². The predicted molar refractivity (Wildman–Crippen MR) is 134 cm³/mol. The van der Waals surface area contributed by atoms with E-state index in [1.54, 1.807) is 23.5 Å². The number of carbonyl (C=O) groups is 4. The van der Waals surface area contributed by atoms with Crippen LogP contribution in [0.15, 0.2) is 0 Å². The molecule has 2 heterocycles. The van der Waals surface area contributed by atoms with Gasteiger partial charge in [0.1, 0.15) is 0 Å². The highest BCUT2D eigenvalue weighted by Gasteiger charge is 2.39. The standard InChI is InChI=1S/2C9H16N2O2S.C3H8.2H2/c2*1-6(2)14-7-5-8(12)11(4-3-10)9(7)13;1-3-2;;/h2*6-7H,3-5,10H2,1-2H3;3H2,1-2H3;2*1H. The van der Waals surface area contributed by atoms with Crippen molar-refractivity contribution in [3.63, 3.8) is 0 Å². The molecule has 2 atom stereocenters. The largest absolute Gasteiger partial charge is 0.329 e. The molecule has 2 saturated heterocycles. The first-order chi connectivity index (χ1) is 14.5. The Morgan fingerprint density at radius 1 is 0.806 bits per heavy atom. The van der Waals surface area contributed by atoms with E-state index in [1.807, 2.05) is 27.7 Å². The average Bonchev–Trinajstić information content (AvgIpc) is 3.07. The van der Waals surface area contributed by atoms with Gasteiger partial charge in [-0.2, -0.15) is 0 Å². The summed E-state index contributed by atoms with van der Waals surface area (Å²) < 4.78 is 0. The number of nitrogens with zero attached hydrogens (tertiary/aromatic N) is 2. The number of nitrogens with two attached hydrogens (primary N) is 2. The number of carbonyl (C=O) groups excluding carboxylic acids is 4. The summed E-state index contributed by atoms with van der Waals surface area (Å²) in [5, 5.41) is 0.368. The van der Waals surface area contributed by atoms with Crippen molar-refractivity contribution in [1.29, 1.82) is 0 Å². The van der Waals surface area contributed by atoms with Gasteiger partial charge in [0.05, 0.1) is 10.5 Å². The third-order valence-electron chi connectivity index (χ3n) is 3.98. The van der Waals surface area contributed by atoms with Gasteiger partial charge in [-0.15, -0.1) is 23.5 Å². The molecule has 31 heavy (non-hydrogen) atoms. The van der Waals surface area contributed by atoms with Gasteiger partial charge in [-0.3, -0.25) is 29.0 Å². The Hall–Kier alpha value is -1.10. The number of amides is 4. The van der Waals surface area contributed by atoms with E-state index in [4.69, 9.17) is 11.5 Å². The number of hydrogen-bond acceptors (Lipinski definition) is 8. The molecule has 0 aromatic rings. The third-order valence-corrected chi connectivity index (χ3v) is 6.47. The molecule has 0 radical (unpaired) electrons. The molecule has 2 fully saturated rings. The van der Waals surface area contributed by atoms with Gasteiger partial charge in [0.15, 0.2) is 0 Å². The van der Waals surface area contributed by atoms with Crippen LogP contribution < -0.4 is 11.5 Å². The van der Waals surface area contributed by atoms with Gasteiger partial charge in [-0.05, 0) is 10.5 Å². The topological polar surface area (TPSA) is 127 Å². The molecule has 0 bridgehead atoms. The van der Waals surface area contributed by atoms with E-state index in [0.717, 1.165) is 0 Å². The second-order valence-electron chi connectivity index (χ2n) is 7.81. The third kappa shape index (κ3) is 10.4. The fraction of sp³-hybridized carbons (Fsp3) is 0.810. The van der Waals surface area contributed by atoms with Crippen molar-refractivity contribution in [3.05, 3.63) is 0 Å². The second kappa shape index (κ2) is 15.7. The molecule has 0 aromatic heterocycles. The molecule has 2 aliphatic heterocycles. The number of thioether (sulfide) groups is 2.